The Morgan fingerprint density at radius 1 is 1.29 bits per heavy atom. The van der Waals surface area contributed by atoms with Gasteiger partial charge in [-0.1, -0.05) is 0 Å². The highest BCUT2D eigenvalue weighted by Crippen LogP contribution is 2.17. The zero-order valence-corrected chi connectivity index (χ0v) is 12.5. The molecular formula is C14H21N5O2. The molecule has 0 saturated carbocycles. The molecule has 0 atom stereocenters. The third-order valence-electron chi connectivity index (χ3n) is 4.12. The summed E-state index contributed by atoms with van der Waals surface area (Å²) in [6.45, 7) is 7.97. The lowest BCUT2D eigenvalue weighted by molar-refractivity contribution is 0.0586. The molecule has 1 aromatic rings. The molecule has 0 spiro atoms. The predicted octanol–water partition coefficient (Wildman–Crippen LogP) is -0.335. The minimum atomic E-state index is -0.487. The van der Waals surface area contributed by atoms with E-state index in [1.54, 1.807) is 0 Å². The van der Waals surface area contributed by atoms with Gasteiger partial charge < -0.3 is 15.0 Å². The number of piperazine rings is 1. The van der Waals surface area contributed by atoms with Crippen LogP contribution in [-0.2, 0) is 4.74 Å². The standard InChI is InChI=1S/C14H21N5O2/c1-10-7-12(17-13(16-10)14(20)21-2)19-5-3-18(4-6-19)11-8-15-9-11/h7,11,15H,3-6,8-9H2,1-2H3. The molecule has 0 unspecified atom stereocenters. The number of nitrogens with zero attached hydrogens (tertiary/aromatic N) is 4. The summed E-state index contributed by atoms with van der Waals surface area (Å²) in [5, 5.41) is 3.31. The Labute approximate surface area is 124 Å². The van der Waals surface area contributed by atoms with E-state index in [-0.39, 0.29) is 5.82 Å². The average Bonchev–Trinajstić information content (AvgIpc) is 2.45. The molecule has 2 saturated heterocycles. The Balaban J connectivity index is 1.69. The van der Waals surface area contributed by atoms with Crippen LogP contribution in [0.5, 0.6) is 0 Å². The highest BCUT2D eigenvalue weighted by molar-refractivity contribution is 5.85. The van der Waals surface area contributed by atoms with Crippen molar-refractivity contribution in [2.75, 3.05) is 51.3 Å². The van der Waals surface area contributed by atoms with Crippen molar-refractivity contribution in [1.29, 1.82) is 0 Å². The Kier molecular flexibility index (Phi) is 4.03. The van der Waals surface area contributed by atoms with Crippen molar-refractivity contribution in [2.24, 2.45) is 0 Å². The second-order valence-electron chi connectivity index (χ2n) is 5.52. The van der Waals surface area contributed by atoms with Crippen LogP contribution in [0, 0.1) is 6.92 Å². The van der Waals surface area contributed by atoms with Gasteiger partial charge in [-0.3, -0.25) is 4.90 Å². The molecular weight excluding hydrogens is 270 g/mol. The van der Waals surface area contributed by atoms with E-state index in [9.17, 15) is 4.79 Å². The lowest BCUT2D eigenvalue weighted by Crippen LogP contribution is -2.61. The number of methoxy groups -OCH3 is 1. The van der Waals surface area contributed by atoms with Crippen LogP contribution in [-0.4, -0.2) is 73.3 Å². The summed E-state index contributed by atoms with van der Waals surface area (Å²) < 4.78 is 4.71. The molecule has 114 valence electrons. The fourth-order valence-corrected chi connectivity index (χ4v) is 2.74. The molecule has 0 aromatic carbocycles. The molecule has 0 radical (unpaired) electrons. The molecule has 3 rings (SSSR count). The Morgan fingerprint density at radius 3 is 2.57 bits per heavy atom. The number of hydrogen-bond acceptors (Lipinski definition) is 7. The number of carbonyl (C=O) groups is 1. The number of carbonyl (C=O) groups excluding carboxylic acids is 1. The van der Waals surface area contributed by atoms with Crippen LogP contribution in [0.4, 0.5) is 5.82 Å². The summed E-state index contributed by atoms with van der Waals surface area (Å²) in [5.41, 5.74) is 0.783. The molecule has 0 amide bonds. The fourth-order valence-electron chi connectivity index (χ4n) is 2.74. The molecule has 2 aliphatic rings. The van der Waals surface area contributed by atoms with E-state index in [0.717, 1.165) is 50.8 Å². The molecule has 1 aromatic heterocycles. The SMILES string of the molecule is COC(=O)c1nc(C)cc(N2CCN(C3CNC3)CC2)n1. The largest absolute Gasteiger partial charge is 0.463 e. The lowest BCUT2D eigenvalue weighted by atomic mass is 10.1. The monoisotopic (exact) mass is 291 g/mol. The molecule has 0 aliphatic carbocycles. The van der Waals surface area contributed by atoms with E-state index in [2.05, 4.69) is 25.1 Å². The molecule has 7 heteroatoms. The minimum absolute atomic E-state index is 0.137. The number of aromatic nitrogens is 2. The van der Waals surface area contributed by atoms with Gasteiger partial charge >= 0.3 is 5.97 Å². The maximum atomic E-state index is 11.6. The number of anilines is 1. The highest BCUT2D eigenvalue weighted by atomic mass is 16.5. The summed E-state index contributed by atoms with van der Waals surface area (Å²) in [7, 11) is 1.35. The summed E-state index contributed by atoms with van der Waals surface area (Å²) in [4.78, 5) is 24.8. The van der Waals surface area contributed by atoms with Crippen LogP contribution < -0.4 is 10.2 Å². The van der Waals surface area contributed by atoms with Crippen LogP contribution in [0.25, 0.3) is 0 Å². The van der Waals surface area contributed by atoms with Gasteiger partial charge in [0.25, 0.3) is 0 Å². The summed E-state index contributed by atoms with van der Waals surface area (Å²) >= 11 is 0. The Bertz CT molecular complexity index is 524. The molecule has 3 heterocycles. The zero-order valence-electron chi connectivity index (χ0n) is 12.5. The van der Waals surface area contributed by atoms with Crippen LogP contribution >= 0.6 is 0 Å². The van der Waals surface area contributed by atoms with Gasteiger partial charge in [0.2, 0.25) is 5.82 Å². The smallest absolute Gasteiger partial charge is 0.376 e. The molecule has 7 nitrogen and oxygen atoms in total. The van der Waals surface area contributed by atoms with Crippen LogP contribution in [0.2, 0.25) is 0 Å². The normalized spacial score (nSPS) is 20.2. The van der Waals surface area contributed by atoms with Gasteiger partial charge in [0.05, 0.1) is 7.11 Å². The van der Waals surface area contributed by atoms with Gasteiger partial charge in [-0.05, 0) is 6.92 Å². The number of ether oxygens (including phenoxy) is 1. The molecule has 2 fully saturated rings. The predicted molar refractivity (Wildman–Crippen MR) is 78.6 cm³/mol. The van der Waals surface area contributed by atoms with E-state index >= 15 is 0 Å². The fraction of sp³-hybridized carbons (Fsp3) is 0.643. The maximum Gasteiger partial charge on any atom is 0.376 e. The number of hydrogen-bond donors (Lipinski definition) is 1. The average molecular weight is 291 g/mol. The van der Waals surface area contributed by atoms with E-state index in [4.69, 9.17) is 4.74 Å². The first-order valence-corrected chi connectivity index (χ1v) is 7.31. The Hall–Kier alpha value is -1.73. The summed E-state index contributed by atoms with van der Waals surface area (Å²) in [6, 6.07) is 2.61. The van der Waals surface area contributed by atoms with Crippen molar-refractivity contribution < 1.29 is 9.53 Å². The second-order valence-corrected chi connectivity index (χ2v) is 5.52. The third-order valence-corrected chi connectivity index (χ3v) is 4.12. The molecule has 1 N–H and O–H groups in total. The highest BCUT2D eigenvalue weighted by Gasteiger charge is 2.28. The molecule has 21 heavy (non-hydrogen) atoms. The first kappa shape index (κ1) is 14.2. The Morgan fingerprint density at radius 2 is 2.00 bits per heavy atom. The van der Waals surface area contributed by atoms with Crippen LogP contribution in [0.1, 0.15) is 16.3 Å². The van der Waals surface area contributed by atoms with Crippen molar-refractivity contribution in [3.05, 3.63) is 17.6 Å². The van der Waals surface area contributed by atoms with Crippen molar-refractivity contribution in [1.82, 2.24) is 20.2 Å². The van der Waals surface area contributed by atoms with Gasteiger partial charge in [-0.25, -0.2) is 14.8 Å². The van der Waals surface area contributed by atoms with Crippen LogP contribution in [0.15, 0.2) is 6.07 Å². The number of aryl methyl sites for hydroxylation is 1. The first-order chi connectivity index (χ1) is 10.2. The minimum Gasteiger partial charge on any atom is -0.463 e. The number of esters is 1. The first-order valence-electron chi connectivity index (χ1n) is 7.31. The van der Waals surface area contributed by atoms with E-state index in [0.29, 0.717) is 6.04 Å². The number of rotatable bonds is 3. The summed E-state index contributed by atoms with van der Waals surface area (Å²) in [6.07, 6.45) is 0. The van der Waals surface area contributed by atoms with Gasteiger partial charge in [0, 0.05) is 57.1 Å². The lowest BCUT2D eigenvalue weighted by Gasteiger charge is -2.43. The molecule has 0 bridgehead atoms. The van der Waals surface area contributed by atoms with Gasteiger partial charge in [0.1, 0.15) is 5.82 Å². The van der Waals surface area contributed by atoms with E-state index in [1.807, 2.05) is 13.0 Å². The quantitative estimate of drug-likeness (QED) is 0.764. The molecule has 2 aliphatic heterocycles. The topological polar surface area (TPSA) is 70.6 Å². The van der Waals surface area contributed by atoms with E-state index < -0.39 is 5.97 Å². The number of nitrogens with one attached hydrogen (secondary N) is 1. The zero-order chi connectivity index (χ0) is 14.8. The van der Waals surface area contributed by atoms with E-state index in [1.165, 1.54) is 7.11 Å². The van der Waals surface area contributed by atoms with Crippen LogP contribution in [0.3, 0.4) is 0 Å². The van der Waals surface area contributed by atoms with Crippen molar-refractivity contribution in [3.63, 3.8) is 0 Å². The van der Waals surface area contributed by atoms with Gasteiger partial charge in [-0.15, -0.1) is 0 Å². The van der Waals surface area contributed by atoms with Gasteiger partial charge in [-0.2, -0.15) is 0 Å². The third kappa shape index (κ3) is 2.98. The second kappa shape index (κ2) is 5.95. The van der Waals surface area contributed by atoms with Crippen molar-refractivity contribution >= 4 is 11.8 Å². The van der Waals surface area contributed by atoms with Gasteiger partial charge in [0.15, 0.2) is 0 Å². The summed E-state index contributed by atoms with van der Waals surface area (Å²) in [5.74, 6) is 0.464. The van der Waals surface area contributed by atoms with Crippen molar-refractivity contribution in [2.45, 2.75) is 13.0 Å². The van der Waals surface area contributed by atoms with Crippen molar-refractivity contribution in [3.8, 4) is 0 Å². The maximum absolute atomic E-state index is 11.6.